The molecule has 9 nitrogen and oxygen atoms in total. The van der Waals surface area contributed by atoms with Gasteiger partial charge in [-0.05, 0) is 55.2 Å². The minimum absolute atomic E-state index is 0.0984. The van der Waals surface area contributed by atoms with Crippen LogP contribution in [0.4, 0.5) is 0 Å². The summed E-state index contributed by atoms with van der Waals surface area (Å²) in [7, 11) is -2.14. The van der Waals surface area contributed by atoms with Crippen LogP contribution < -0.4 is 42.0 Å². The molecule has 0 aliphatic carbocycles. The Kier molecular flexibility index (Phi) is 9.23. The maximum Gasteiger partial charge on any atom is 0.530 e. The lowest BCUT2D eigenvalue weighted by Gasteiger charge is -2.32. The standard InChI is InChI=1S/C39H51O9P/c1-22-19-40-31-13-25(37(4,5)6)28(16-34(31)43-22)46-49(47-29-17-35-32(41-20-23(2)44-35)14-26(29)38(7,8)9)48-30-18-36-33(42-21-24(3)45-36)15-27(30)39(10,11)12/h13-18,22-24H,19-21H2,1-12H3. The van der Waals surface area contributed by atoms with E-state index in [0.29, 0.717) is 71.6 Å². The van der Waals surface area contributed by atoms with Crippen molar-refractivity contribution < 1.29 is 42.0 Å². The van der Waals surface area contributed by atoms with Crippen molar-refractivity contribution in [2.45, 2.75) is 118 Å². The summed E-state index contributed by atoms with van der Waals surface area (Å²) in [5.74, 6) is 5.67. The highest BCUT2D eigenvalue weighted by Crippen LogP contribution is 2.54. The molecule has 0 aromatic heterocycles. The minimum Gasteiger partial charge on any atom is -0.486 e. The molecule has 3 aromatic rings. The second-order valence-corrected chi connectivity index (χ2v) is 17.3. The molecule has 3 heterocycles. The van der Waals surface area contributed by atoms with Gasteiger partial charge in [-0.25, -0.2) is 0 Å². The van der Waals surface area contributed by atoms with E-state index in [-0.39, 0.29) is 34.6 Å². The third-order valence-corrected chi connectivity index (χ3v) is 9.52. The maximum atomic E-state index is 6.89. The molecule has 0 radical (unpaired) electrons. The molecule has 3 atom stereocenters. The van der Waals surface area contributed by atoms with Gasteiger partial charge in [0, 0.05) is 34.9 Å². The first-order chi connectivity index (χ1) is 22.8. The van der Waals surface area contributed by atoms with Gasteiger partial charge in [-0.1, -0.05) is 62.3 Å². The summed E-state index contributed by atoms with van der Waals surface area (Å²) >= 11 is 0. The summed E-state index contributed by atoms with van der Waals surface area (Å²) < 4.78 is 57.4. The Balaban J connectivity index is 1.48. The minimum atomic E-state index is -2.14. The second-order valence-electron chi connectivity index (χ2n) is 16.4. The number of hydrogen-bond acceptors (Lipinski definition) is 9. The summed E-state index contributed by atoms with van der Waals surface area (Å²) in [6, 6.07) is 11.7. The van der Waals surface area contributed by atoms with Gasteiger partial charge in [0.25, 0.3) is 0 Å². The van der Waals surface area contributed by atoms with Crippen molar-refractivity contribution in [2.75, 3.05) is 19.8 Å². The van der Waals surface area contributed by atoms with Crippen LogP contribution >= 0.6 is 8.60 Å². The van der Waals surface area contributed by atoms with Crippen LogP contribution in [0.5, 0.6) is 51.7 Å². The van der Waals surface area contributed by atoms with Crippen molar-refractivity contribution in [3.05, 3.63) is 53.1 Å². The normalized spacial score (nSPS) is 20.7. The number of fused-ring (bicyclic) bond motifs is 3. The molecule has 266 valence electrons. The van der Waals surface area contributed by atoms with Crippen molar-refractivity contribution in [3.8, 4) is 51.7 Å². The number of benzene rings is 3. The van der Waals surface area contributed by atoms with Crippen LogP contribution in [0.15, 0.2) is 36.4 Å². The van der Waals surface area contributed by atoms with Crippen LogP contribution in [0.25, 0.3) is 0 Å². The zero-order valence-electron chi connectivity index (χ0n) is 30.9. The van der Waals surface area contributed by atoms with E-state index in [1.54, 1.807) is 0 Å². The van der Waals surface area contributed by atoms with Crippen LogP contribution in [0.1, 0.15) is 99.8 Å². The second kappa shape index (κ2) is 12.9. The van der Waals surface area contributed by atoms with Crippen molar-refractivity contribution in [1.82, 2.24) is 0 Å². The van der Waals surface area contributed by atoms with E-state index in [2.05, 4.69) is 62.3 Å². The third kappa shape index (κ3) is 7.72. The molecule has 0 saturated carbocycles. The van der Waals surface area contributed by atoms with E-state index in [1.165, 1.54) is 0 Å². The molecule has 3 aliphatic heterocycles. The largest absolute Gasteiger partial charge is 0.530 e. The molecule has 10 heteroatoms. The van der Waals surface area contributed by atoms with Gasteiger partial charge in [0.2, 0.25) is 0 Å². The lowest BCUT2D eigenvalue weighted by Crippen LogP contribution is -2.27. The zero-order valence-corrected chi connectivity index (χ0v) is 31.8. The Hall–Kier alpha value is -3.71. The molecule has 0 amide bonds. The van der Waals surface area contributed by atoms with E-state index < -0.39 is 8.60 Å². The molecule has 0 spiro atoms. The highest BCUT2D eigenvalue weighted by molar-refractivity contribution is 7.43. The van der Waals surface area contributed by atoms with Gasteiger partial charge in [-0.15, -0.1) is 0 Å². The van der Waals surface area contributed by atoms with E-state index >= 15 is 0 Å². The Bertz CT molecular complexity index is 1500. The van der Waals surface area contributed by atoms with Gasteiger partial charge in [0.05, 0.1) is 0 Å². The molecule has 3 aromatic carbocycles. The molecule has 3 unspecified atom stereocenters. The van der Waals surface area contributed by atoms with E-state index in [1.807, 2.05) is 57.2 Å². The van der Waals surface area contributed by atoms with Gasteiger partial charge in [0.15, 0.2) is 34.5 Å². The molecule has 0 bridgehead atoms. The predicted octanol–water partition coefficient (Wildman–Crippen LogP) is 9.82. The first kappa shape index (κ1) is 35.1. The molecule has 0 fully saturated rings. The topological polar surface area (TPSA) is 83.1 Å². The molecular formula is C39H51O9P. The van der Waals surface area contributed by atoms with Gasteiger partial charge < -0.3 is 42.0 Å². The predicted molar refractivity (Wildman–Crippen MR) is 191 cm³/mol. The lowest BCUT2D eigenvalue weighted by atomic mass is 9.86. The average Bonchev–Trinajstić information content (AvgIpc) is 2.98. The van der Waals surface area contributed by atoms with Crippen molar-refractivity contribution in [3.63, 3.8) is 0 Å². The summed E-state index contributed by atoms with van der Waals surface area (Å²) in [6.45, 7) is 26.6. The van der Waals surface area contributed by atoms with Crippen LogP contribution in [-0.4, -0.2) is 38.1 Å². The Morgan fingerprint density at radius 2 is 0.714 bits per heavy atom. The van der Waals surface area contributed by atoms with Crippen LogP contribution in [-0.2, 0) is 16.2 Å². The van der Waals surface area contributed by atoms with Gasteiger partial charge in [0.1, 0.15) is 55.4 Å². The van der Waals surface area contributed by atoms with Crippen molar-refractivity contribution in [1.29, 1.82) is 0 Å². The molecule has 3 aliphatic rings. The van der Waals surface area contributed by atoms with Crippen molar-refractivity contribution >= 4 is 8.60 Å². The fraction of sp³-hybridized carbons (Fsp3) is 0.538. The monoisotopic (exact) mass is 694 g/mol. The van der Waals surface area contributed by atoms with Gasteiger partial charge in [-0.3, -0.25) is 0 Å². The fourth-order valence-corrected chi connectivity index (χ4v) is 6.94. The summed E-state index contributed by atoms with van der Waals surface area (Å²) in [5, 5.41) is 0. The third-order valence-electron chi connectivity index (χ3n) is 8.49. The fourth-order valence-electron chi connectivity index (χ4n) is 5.89. The highest BCUT2D eigenvalue weighted by Gasteiger charge is 2.35. The van der Waals surface area contributed by atoms with E-state index in [0.717, 1.165) is 16.7 Å². The van der Waals surface area contributed by atoms with Crippen LogP contribution in [0.3, 0.4) is 0 Å². The summed E-state index contributed by atoms with van der Waals surface area (Å²) in [4.78, 5) is 0. The van der Waals surface area contributed by atoms with Gasteiger partial charge >= 0.3 is 8.60 Å². The summed E-state index contributed by atoms with van der Waals surface area (Å²) in [5.41, 5.74) is 1.90. The number of hydrogen-bond donors (Lipinski definition) is 0. The SMILES string of the molecule is CC1COc2cc(C(C)(C)C)c(OP(Oc3cc4c(cc3C(C)(C)C)OCC(C)O4)Oc3cc4c(cc3C(C)(C)C)OCC(C)O4)cc2O1. The summed E-state index contributed by atoms with van der Waals surface area (Å²) in [6.07, 6.45) is -0.295. The first-order valence-corrected chi connectivity index (χ1v) is 18.2. The highest BCUT2D eigenvalue weighted by atomic mass is 31.2. The average molecular weight is 695 g/mol. The molecule has 0 saturated heterocycles. The molecule has 49 heavy (non-hydrogen) atoms. The number of rotatable bonds is 6. The molecule has 0 N–H and O–H groups in total. The van der Waals surface area contributed by atoms with E-state index in [4.69, 9.17) is 42.0 Å². The van der Waals surface area contributed by atoms with Gasteiger partial charge in [-0.2, -0.15) is 0 Å². The van der Waals surface area contributed by atoms with Crippen molar-refractivity contribution in [2.24, 2.45) is 0 Å². The quantitative estimate of drug-likeness (QED) is 0.234. The Morgan fingerprint density at radius 3 is 0.959 bits per heavy atom. The van der Waals surface area contributed by atoms with Crippen LogP contribution in [0.2, 0.25) is 0 Å². The molecule has 6 rings (SSSR count). The maximum absolute atomic E-state index is 6.89. The van der Waals surface area contributed by atoms with Crippen LogP contribution in [0, 0.1) is 0 Å². The Morgan fingerprint density at radius 1 is 0.449 bits per heavy atom. The van der Waals surface area contributed by atoms with E-state index in [9.17, 15) is 0 Å². The Labute approximate surface area is 292 Å². The lowest BCUT2D eigenvalue weighted by molar-refractivity contribution is 0.103. The molecular weight excluding hydrogens is 643 g/mol. The first-order valence-electron chi connectivity index (χ1n) is 17.1. The smallest absolute Gasteiger partial charge is 0.486 e. The number of ether oxygens (including phenoxy) is 6. The zero-order chi connectivity index (χ0) is 35.5.